The van der Waals surface area contributed by atoms with Crippen LogP contribution in [-0.2, 0) is 9.59 Å². The van der Waals surface area contributed by atoms with Gasteiger partial charge < -0.3 is 20.9 Å². The molecule has 0 bridgehead atoms. The topological polar surface area (TPSA) is 95.7 Å². The number of nitrogens with one attached hydrogen (secondary N) is 1. The zero-order valence-electron chi connectivity index (χ0n) is 15.4. The van der Waals surface area contributed by atoms with E-state index in [9.17, 15) is 23.2 Å². The third-order valence-electron chi connectivity index (χ3n) is 4.53. The molecule has 1 aliphatic heterocycles. The summed E-state index contributed by atoms with van der Waals surface area (Å²) in [5, 5.41) is 2.50. The van der Waals surface area contributed by atoms with E-state index in [2.05, 4.69) is 5.32 Å². The molecule has 1 saturated heterocycles. The predicted molar refractivity (Wildman–Crippen MR) is 94.7 cm³/mol. The molecule has 27 heavy (non-hydrogen) atoms. The molecule has 1 fully saturated rings. The Morgan fingerprint density at radius 2 is 1.59 bits per heavy atom. The van der Waals surface area contributed by atoms with E-state index in [1.165, 1.54) is 15.9 Å². The number of halogens is 2. The lowest BCUT2D eigenvalue weighted by molar-refractivity contribution is -0.134. The largest absolute Gasteiger partial charge is 0.346 e. The van der Waals surface area contributed by atoms with E-state index in [0.29, 0.717) is 0 Å². The molecule has 1 atom stereocenters. The Labute approximate surface area is 156 Å². The van der Waals surface area contributed by atoms with Gasteiger partial charge in [-0.15, -0.1) is 0 Å². The molecular formula is C18H24F2N4O3. The van der Waals surface area contributed by atoms with E-state index in [4.69, 9.17) is 5.73 Å². The van der Waals surface area contributed by atoms with Gasteiger partial charge in [-0.1, -0.05) is 19.9 Å². The first-order valence-corrected chi connectivity index (χ1v) is 8.76. The average molecular weight is 382 g/mol. The normalized spacial score (nSPS) is 15.6. The molecule has 0 saturated carbocycles. The van der Waals surface area contributed by atoms with Crippen LogP contribution in [0, 0.1) is 17.6 Å². The minimum Gasteiger partial charge on any atom is -0.346 e. The third-order valence-corrected chi connectivity index (χ3v) is 4.53. The Morgan fingerprint density at radius 3 is 2.11 bits per heavy atom. The Bertz CT molecular complexity index is 698. The number of rotatable bonds is 5. The maximum Gasteiger partial charge on any atom is 0.259 e. The van der Waals surface area contributed by atoms with Crippen molar-refractivity contribution in [3.8, 4) is 0 Å². The molecule has 3 N–H and O–H groups in total. The van der Waals surface area contributed by atoms with Crippen LogP contribution in [0.2, 0.25) is 0 Å². The van der Waals surface area contributed by atoms with Crippen molar-refractivity contribution >= 4 is 17.7 Å². The van der Waals surface area contributed by atoms with E-state index in [1.807, 2.05) is 0 Å². The smallest absolute Gasteiger partial charge is 0.259 e. The number of amides is 3. The molecule has 1 heterocycles. The summed E-state index contributed by atoms with van der Waals surface area (Å²) in [6.45, 7) is 4.16. The van der Waals surface area contributed by atoms with E-state index >= 15 is 0 Å². The number of carbonyl (C=O) groups is 3. The molecule has 0 spiro atoms. The van der Waals surface area contributed by atoms with Crippen molar-refractivity contribution in [1.29, 1.82) is 0 Å². The van der Waals surface area contributed by atoms with Gasteiger partial charge in [0.05, 0.1) is 12.6 Å². The maximum absolute atomic E-state index is 13.8. The lowest BCUT2D eigenvalue weighted by Crippen LogP contribution is -2.54. The number of nitrogens with two attached hydrogens (primary N) is 1. The highest BCUT2D eigenvalue weighted by Crippen LogP contribution is 2.16. The van der Waals surface area contributed by atoms with Gasteiger partial charge in [0, 0.05) is 26.2 Å². The van der Waals surface area contributed by atoms with E-state index in [1.54, 1.807) is 13.8 Å². The van der Waals surface area contributed by atoms with Crippen LogP contribution in [0.25, 0.3) is 0 Å². The van der Waals surface area contributed by atoms with Gasteiger partial charge in [-0.25, -0.2) is 8.78 Å². The van der Waals surface area contributed by atoms with Gasteiger partial charge in [0.2, 0.25) is 11.8 Å². The van der Waals surface area contributed by atoms with Gasteiger partial charge in [-0.05, 0) is 18.1 Å². The number of hydrogen-bond donors (Lipinski definition) is 2. The molecular weight excluding hydrogens is 358 g/mol. The van der Waals surface area contributed by atoms with Crippen molar-refractivity contribution < 1.29 is 23.2 Å². The zero-order valence-corrected chi connectivity index (χ0v) is 15.4. The van der Waals surface area contributed by atoms with Crippen LogP contribution in [0.1, 0.15) is 24.2 Å². The first-order chi connectivity index (χ1) is 12.7. The molecule has 2 rings (SSSR count). The highest BCUT2D eigenvalue weighted by atomic mass is 19.1. The zero-order chi connectivity index (χ0) is 20.1. The van der Waals surface area contributed by atoms with Crippen LogP contribution in [0.5, 0.6) is 0 Å². The predicted octanol–water partition coefficient (Wildman–Crippen LogP) is 0.349. The van der Waals surface area contributed by atoms with Crippen LogP contribution in [-0.4, -0.2) is 66.3 Å². The van der Waals surface area contributed by atoms with Gasteiger partial charge in [0.1, 0.15) is 17.2 Å². The minimum absolute atomic E-state index is 0.0477. The number of hydrogen-bond acceptors (Lipinski definition) is 4. The van der Waals surface area contributed by atoms with Crippen molar-refractivity contribution in [1.82, 2.24) is 15.1 Å². The number of nitrogens with zero attached hydrogens (tertiary/aromatic N) is 2. The van der Waals surface area contributed by atoms with Gasteiger partial charge >= 0.3 is 0 Å². The Morgan fingerprint density at radius 1 is 1.07 bits per heavy atom. The standard InChI is InChI=1S/C18H24F2N4O3/c1-11(2)16(21)17(26)22-10-14(25)23-6-8-24(9-7-23)18(27)15-12(19)4-3-5-13(15)20/h3-5,11,16H,6-10,21H2,1-2H3,(H,22,26)/t16-/m0/s1. The Kier molecular flexibility index (Phi) is 6.84. The number of piperazine rings is 1. The summed E-state index contributed by atoms with van der Waals surface area (Å²) >= 11 is 0. The summed E-state index contributed by atoms with van der Waals surface area (Å²) in [5.41, 5.74) is 5.12. The summed E-state index contributed by atoms with van der Waals surface area (Å²) < 4.78 is 27.5. The molecule has 0 aromatic heterocycles. The van der Waals surface area contributed by atoms with Crippen LogP contribution in [0.4, 0.5) is 8.78 Å². The summed E-state index contributed by atoms with van der Waals surface area (Å²) in [4.78, 5) is 39.1. The van der Waals surface area contributed by atoms with E-state index < -0.39 is 35.1 Å². The molecule has 1 aliphatic rings. The maximum atomic E-state index is 13.8. The SMILES string of the molecule is CC(C)[C@H](N)C(=O)NCC(=O)N1CCN(C(=O)c2c(F)cccc2F)CC1. The fraction of sp³-hybridized carbons (Fsp3) is 0.500. The number of benzene rings is 1. The van der Waals surface area contributed by atoms with Crippen molar-refractivity contribution in [3.63, 3.8) is 0 Å². The molecule has 0 radical (unpaired) electrons. The van der Waals surface area contributed by atoms with Gasteiger partial charge in [0.25, 0.3) is 5.91 Å². The van der Waals surface area contributed by atoms with E-state index in [0.717, 1.165) is 12.1 Å². The Balaban J connectivity index is 1.87. The lowest BCUT2D eigenvalue weighted by atomic mass is 10.1. The summed E-state index contributed by atoms with van der Waals surface area (Å²) in [6.07, 6.45) is 0. The van der Waals surface area contributed by atoms with Crippen LogP contribution in [0.15, 0.2) is 18.2 Å². The Hall–Kier alpha value is -2.55. The van der Waals surface area contributed by atoms with Crippen molar-refractivity contribution in [2.45, 2.75) is 19.9 Å². The monoisotopic (exact) mass is 382 g/mol. The van der Waals surface area contributed by atoms with Crippen LogP contribution >= 0.6 is 0 Å². The molecule has 9 heteroatoms. The quantitative estimate of drug-likeness (QED) is 0.768. The fourth-order valence-electron chi connectivity index (χ4n) is 2.71. The van der Waals surface area contributed by atoms with Gasteiger partial charge in [-0.3, -0.25) is 14.4 Å². The molecule has 0 aliphatic carbocycles. The molecule has 3 amide bonds. The molecule has 1 aromatic carbocycles. The summed E-state index contributed by atoms with van der Waals surface area (Å²) in [7, 11) is 0. The van der Waals surface area contributed by atoms with Gasteiger partial charge in [-0.2, -0.15) is 0 Å². The molecule has 148 valence electrons. The second-order valence-electron chi connectivity index (χ2n) is 6.76. The lowest BCUT2D eigenvalue weighted by Gasteiger charge is -2.35. The third kappa shape index (κ3) is 5.00. The molecule has 7 nitrogen and oxygen atoms in total. The van der Waals surface area contributed by atoms with Crippen molar-refractivity contribution in [2.75, 3.05) is 32.7 Å². The fourth-order valence-corrected chi connectivity index (χ4v) is 2.71. The highest BCUT2D eigenvalue weighted by molar-refractivity contribution is 5.95. The number of carbonyl (C=O) groups excluding carboxylic acids is 3. The second-order valence-corrected chi connectivity index (χ2v) is 6.76. The van der Waals surface area contributed by atoms with Gasteiger partial charge in [0.15, 0.2) is 0 Å². The second kappa shape index (κ2) is 8.90. The highest BCUT2D eigenvalue weighted by Gasteiger charge is 2.28. The first-order valence-electron chi connectivity index (χ1n) is 8.76. The summed E-state index contributed by atoms with van der Waals surface area (Å²) in [6, 6.07) is 2.56. The van der Waals surface area contributed by atoms with E-state index in [-0.39, 0.29) is 44.5 Å². The van der Waals surface area contributed by atoms with Crippen LogP contribution in [0.3, 0.4) is 0 Å². The minimum atomic E-state index is -0.914. The molecule has 1 aromatic rings. The first kappa shape index (κ1) is 20.8. The van der Waals surface area contributed by atoms with Crippen LogP contribution < -0.4 is 11.1 Å². The van der Waals surface area contributed by atoms with Crippen molar-refractivity contribution in [2.24, 2.45) is 11.7 Å². The average Bonchev–Trinajstić information content (AvgIpc) is 2.64. The molecule has 0 unspecified atom stereocenters. The summed E-state index contributed by atoms with van der Waals surface area (Å²) in [5.74, 6) is -3.32. The van der Waals surface area contributed by atoms with Crippen molar-refractivity contribution in [3.05, 3.63) is 35.4 Å².